The quantitative estimate of drug-likeness (QED) is 0.497. The van der Waals surface area contributed by atoms with Crippen LogP contribution in [0.4, 0.5) is 5.13 Å². The zero-order valence-corrected chi connectivity index (χ0v) is 18.1. The Kier molecular flexibility index (Phi) is 6.41. The molecule has 1 aromatic heterocycles. The van der Waals surface area contributed by atoms with Crippen molar-refractivity contribution in [3.63, 3.8) is 0 Å². The van der Waals surface area contributed by atoms with Crippen molar-refractivity contribution < 1.29 is 23.9 Å². The highest BCUT2D eigenvalue weighted by atomic mass is 32.1. The van der Waals surface area contributed by atoms with E-state index in [9.17, 15) is 14.4 Å². The predicted octanol–water partition coefficient (Wildman–Crippen LogP) is 2.79. The Labute approximate surface area is 188 Å². The fourth-order valence-corrected chi connectivity index (χ4v) is 3.97. The number of hydrogen-bond donors (Lipinski definition) is 1. The van der Waals surface area contributed by atoms with Crippen LogP contribution in [0.1, 0.15) is 32.1 Å². The first-order chi connectivity index (χ1) is 15.6. The third-order valence-corrected chi connectivity index (χ3v) is 5.69. The molecule has 1 aliphatic rings. The van der Waals surface area contributed by atoms with Crippen LogP contribution in [0, 0.1) is 0 Å². The van der Waals surface area contributed by atoms with E-state index in [0.717, 1.165) is 4.90 Å². The van der Waals surface area contributed by atoms with Gasteiger partial charge in [-0.15, -0.1) is 10.2 Å². The lowest BCUT2D eigenvalue weighted by Gasteiger charge is -2.12. The van der Waals surface area contributed by atoms with E-state index >= 15 is 0 Å². The summed E-state index contributed by atoms with van der Waals surface area (Å²) in [7, 11) is 1.58. The van der Waals surface area contributed by atoms with Gasteiger partial charge in [-0.3, -0.25) is 19.3 Å². The van der Waals surface area contributed by atoms with Crippen molar-refractivity contribution >= 4 is 34.2 Å². The van der Waals surface area contributed by atoms with E-state index in [-0.39, 0.29) is 30.7 Å². The number of ether oxygens (including phenoxy) is 2. The largest absolute Gasteiger partial charge is 0.493 e. The van der Waals surface area contributed by atoms with Crippen molar-refractivity contribution in [2.45, 2.75) is 12.8 Å². The maximum absolute atomic E-state index is 12.4. The number of amides is 3. The molecular formula is C22H20N4O5S. The molecule has 0 unspecified atom stereocenters. The van der Waals surface area contributed by atoms with E-state index in [1.165, 1.54) is 11.3 Å². The first-order valence-electron chi connectivity index (χ1n) is 9.90. The average molecular weight is 452 g/mol. The van der Waals surface area contributed by atoms with E-state index in [0.29, 0.717) is 45.8 Å². The lowest BCUT2D eigenvalue weighted by Crippen LogP contribution is -2.32. The van der Waals surface area contributed by atoms with Crippen LogP contribution in [0.25, 0.3) is 0 Å². The van der Waals surface area contributed by atoms with Crippen LogP contribution in [0.2, 0.25) is 0 Å². The maximum Gasteiger partial charge on any atom is 0.261 e. The molecule has 2 aromatic carbocycles. The molecule has 0 fully saturated rings. The maximum atomic E-state index is 12.4. The van der Waals surface area contributed by atoms with Gasteiger partial charge in [-0.2, -0.15) is 0 Å². The third kappa shape index (κ3) is 4.59. The van der Waals surface area contributed by atoms with Crippen LogP contribution in [-0.2, 0) is 11.2 Å². The second-order valence-corrected chi connectivity index (χ2v) is 7.92. The predicted molar refractivity (Wildman–Crippen MR) is 117 cm³/mol. The monoisotopic (exact) mass is 452 g/mol. The normalized spacial score (nSPS) is 12.6. The number of carbonyl (C=O) groups excluding carboxylic acids is 3. The Hall–Kier alpha value is -3.79. The number of hydrogen-bond acceptors (Lipinski definition) is 8. The minimum Gasteiger partial charge on any atom is -0.493 e. The number of nitrogens with one attached hydrogen (secondary N) is 1. The Morgan fingerprint density at radius 2 is 1.66 bits per heavy atom. The Morgan fingerprint density at radius 1 is 1.00 bits per heavy atom. The van der Waals surface area contributed by atoms with Crippen LogP contribution in [0.15, 0.2) is 48.5 Å². The standard InChI is InChI=1S/C22H20N4O5S/c1-30-16-8-4-5-9-17(16)31-13-11-19-24-25-22(32-19)23-18(27)10-12-26-20(28)14-6-2-3-7-15(14)21(26)29/h2-9H,10-13H2,1H3,(H,23,25,27). The molecule has 1 aliphatic heterocycles. The fourth-order valence-electron chi connectivity index (χ4n) is 3.23. The van der Waals surface area contributed by atoms with Gasteiger partial charge < -0.3 is 14.8 Å². The molecule has 0 saturated heterocycles. The van der Waals surface area contributed by atoms with Gasteiger partial charge in [0.15, 0.2) is 11.5 Å². The van der Waals surface area contributed by atoms with Crippen LogP contribution in [0.5, 0.6) is 11.5 Å². The van der Waals surface area contributed by atoms with Gasteiger partial charge in [0.1, 0.15) is 5.01 Å². The minimum atomic E-state index is -0.383. The highest BCUT2D eigenvalue weighted by molar-refractivity contribution is 7.15. The Bertz CT molecular complexity index is 1130. The molecule has 0 atom stereocenters. The van der Waals surface area contributed by atoms with Crippen molar-refractivity contribution in [2.24, 2.45) is 0 Å². The van der Waals surface area contributed by atoms with Gasteiger partial charge in [-0.25, -0.2) is 0 Å². The molecule has 32 heavy (non-hydrogen) atoms. The number of nitrogens with zero attached hydrogens (tertiary/aromatic N) is 3. The Balaban J connectivity index is 1.24. The molecule has 0 bridgehead atoms. The number of fused-ring (bicyclic) bond motifs is 1. The molecule has 3 amide bonds. The molecule has 4 rings (SSSR count). The second-order valence-electron chi connectivity index (χ2n) is 6.86. The highest BCUT2D eigenvalue weighted by Crippen LogP contribution is 2.26. The lowest BCUT2D eigenvalue weighted by molar-refractivity contribution is -0.116. The number of imide groups is 1. The van der Waals surface area contributed by atoms with Gasteiger partial charge in [-0.05, 0) is 24.3 Å². The van der Waals surface area contributed by atoms with Crippen molar-refractivity contribution in [1.29, 1.82) is 0 Å². The molecule has 10 heteroatoms. The molecule has 1 N–H and O–H groups in total. The Morgan fingerprint density at radius 3 is 2.34 bits per heavy atom. The second kappa shape index (κ2) is 9.56. The number of rotatable bonds is 9. The minimum absolute atomic E-state index is 0.00338. The summed E-state index contributed by atoms with van der Waals surface area (Å²) in [5, 5.41) is 11.7. The smallest absolute Gasteiger partial charge is 0.261 e. The van der Waals surface area contributed by atoms with Gasteiger partial charge in [0, 0.05) is 19.4 Å². The molecule has 2 heterocycles. The summed E-state index contributed by atoms with van der Waals surface area (Å²) in [4.78, 5) is 38.1. The molecule has 0 saturated carbocycles. The van der Waals surface area contributed by atoms with Gasteiger partial charge >= 0.3 is 0 Å². The van der Waals surface area contributed by atoms with Crippen LogP contribution in [0.3, 0.4) is 0 Å². The topological polar surface area (TPSA) is 111 Å². The van der Waals surface area contributed by atoms with Gasteiger partial charge in [0.2, 0.25) is 11.0 Å². The van der Waals surface area contributed by atoms with Crippen LogP contribution in [-0.4, -0.2) is 53.1 Å². The van der Waals surface area contributed by atoms with E-state index in [1.54, 1.807) is 31.4 Å². The van der Waals surface area contributed by atoms with Gasteiger partial charge in [0.05, 0.1) is 24.8 Å². The highest BCUT2D eigenvalue weighted by Gasteiger charge is 2.35. The van der Waals surface area contributed by atoms with E-state index in [4.69, 9.17) is 9.47 Å². The van der Waals surface area contributed by atoms with Crippen molar-refractivity contribution in [2.75, 3.05) is 25.6 Å². The number of benzene rings is 2. The summed E-state index contributed by atoms with van der Waals surface area (Å²) >= 11 is 1.24. The fraction of sp³-hybridized carbons (Fsp3) is 0.227. The molecular weight excluding hydrogens is 432 g/mol. The third-order valence-electron chi connectivity index (χ3n) is 4.80. The molecule has 3 aromatic rings. The molecule has 9 nitrogen and oxygen atoms in total. The zero-order chi connectivity index (χ0) is 22.5. The number of para-hydroxylation sites is 2. The first-order valence-corrected chi connectivity index (χ1v) is 10.7. The zero-order valence-electron chi connectivity index (χ0n) is 17.2. The molecule has 164 valence electrons. The number of methoxy groups -OCH3 is 1. The summed E-state index contributed by atoms with van der Waals surface area (Å²) in [6, 6.07) is 14.0. The number of aromatic nitrogens is 2. The summed E-state index contributed by atoms with van der Waals surface area (Å²) < 4.78 is 11.0. The summed E-state index contributed by atoms with van der Waals surface area (Å²) in [5.74, 6) is 0.171. The molecule has 0 spiro atoms. The van der Waals surface area contributed by atoms with Gasteiger partial charge in [-0.1, -0.05) is 35.6 Å². The molecule has 0 aliphatic carbocycles. The van der Waals surface area contributed by atoms with Crippen molar-refractivity contribution in [3.8, 4) is 11.5 Å². The summed E-state index contributed by atoms with van der Waals surface area (Å²) in [6.07, 6.45) is 0.484. The number of anilines is 1. The summed E-state index contributed by atoms with van der Waals surface area (Å²) in [6.45, 7) is 0.374. The first kappa shape index (κ1) is 21.4. The lowest BCUT2D eigenvalue weighted by atomic mass is 10.1. The van der Waals surface area contributed by atoms with Crippen LogP contribution < -0.4 is 14.8 Å². The number of carbonyl (C=O) groups is 3. The van der Waals surface area contributed by atoms with Crippen molar-refractivity contribution in [1.82, 2.24) is 15.1 Å². The van der Waals surface area contributed by atoms with E-state index in [2.05, 4.69) is 15.5 Å². The van der Waals surface area contributed by atoms with E-state index < -0.39 is 0 Å². The molecule has 0 radical (unpaired) electrons. The SMILES string of the molecule is COc1ccccc1OCCc1nnc(NC(=O)CCN2C(=O)c3ccccc3C2=O)s1. The van der Waals surface area contributed by atoms with E-state index in [1.807, 2.05) is 24.3 Å². The van der Waals surface area contributed by atoms with Crippen LogP contribution >= 0.6 is 11.3 Å². The average Bonchev–Trinajstić information content (AvgIpc) is 3.35. The van der Waals surface area contributed by atoms with Crippen molar-refractivity contribution in [3.05, 3.63) is 64.7 Å². The summed E-state index contributed by atoms with van der Waals surface area (Å²) in [5.41, 5.74) is 0.726. The van der Waals surface area contributed by atoms with Gasteiger partial charge in [0.25, 0.3) is 11.8 Å².